The van der Waals surface area contributed by atoms with Gasteiger partial charge in [-0.2, -0.15) is 0 Å². The van der Waals surface area contributed by atoms with Crippen molar-refractivity contribution in [2.24, 2.45) is 5.92 Å². The van der Waals surface area contributed by atoms with Crippen LogP contribution in [0.15, 0.2) is 77.7 Å². The van der Waals surface area contributed by atoms with E-state index in [0.717, 1.165) is 4.31 Å². The van der Waals surface area contributed by atoms with E-state index in [-0.39, 0.29) is 39.0 Å². The highest BCUT2D eigenvalue weighted by molar-refractivity contribution is 7.92. The van der Waals surface area contributed by atoms with Gasteiger partial charge in [0.15, 0.2) is 0 Å². The van der Waals surface area contributed by atoms with Crippen LogP contribution in [0.1, 0.15) is 26.3 Å². The molecular weight excluding hydrogens is 581 g/mol. The lowest BCUT2D eigenvalue weighted by Gasteiger charge is -2.32. The van der Waals surface area contributed by atoms with Crippen molar-refractivity contribution in [1.82, 2.24) is 10.2 Å². The molecule has 3 rings (SSSR count). The summed E-state index contributed by atoms with van der Waals surface area (Å²) in [6.07, 6.45) is 0. The standard InChI is InChI=1S/C28H30Cl3N3O4S/c1-19(2)16-32-28(36)20(3)33(17-21-9-7-8-12-24(21)30)27(35)18-34(26-15-22(29)13-14-25(26)31)39(37,38)23-10-5-4-6-11-23/h4-15,19-20H,16-18H2,1-3H3,(H,32,36). The topological polar surface area (TPSA) is 86.8 Å². The maximum Gasteiger partial charge on any atom is 0.264 e. The number of carbonyl (C=O) groups excluding carboxylic acids is 2. The number of anilines is 1. The number of nitrogens with zero attached hydrogens (tertiary/aromatic N) is 2. The zero-order chi connectivity index (χ0) is 28.7. The van der Waals surface area contributed by atoms with Crippen LogP contribution in [-0.2, 0) is 26.2 Å². The van der Waals surface area contributed by atoms with Gasteiger partial charge in [-0.15, -0.1) is 0 Å². The highest BCUT2D eigenvalue weighted by Crippen LogP contribution is 2.33. The van der Waals surface area contributed by atoms with Gasteiger partial charge < -0.3 is 10.2 Å². The van der Waals surface area contributed by atoms with E-state index in [4.69, 9.17) is 34.8 Å². The van der Waals surface area contributed by atoms with Crippen molar-refractivity contribution in [1.29, 1.82) is 0 Å². The van der Waals surface area contributed by atoms with Gasteiger partial charge in [0.1, 0.15) is 12.6 Å². The normalized spacial score (nSPS) is 12.2. The number of sulfonamides is 1. The second kappa shape index (κ2) is 13.5. The van der Waals surface area contributed by atoms with Gasteiger partial charge in [-0.3, -0.25) is 13.9 Å². The smallest absolute Gasteiger partial charge is 0.264 e. The van der Waals surface area contributed by atoms with Crippen molar-refractivity contribution in [3.63, 3.8) is 0 Å². The summed E-state index contributed by atoms with van der Waals surface area (Å²) in [5.41, 5.74) is 0.644. The number of benzene rings is 3. The largest absolute Gasteiger partial charge is 0.354 e. The first kappa shape index (κ1) is 30.8. The Kier molecular flexibility index (Phi) is 10.7. The molecule has 0 bridgehead atoms. The minimum Gasteiger partial charge on any atom is -0.354 e. The quantitative estimate of drug-likeness (QED) is 0.287. The maximum atomic E-state index is 13.9. The van der Waals surface area contributed by atoms with Gasteiger partial charge in [0.25, 0.3) is 10.0 Å². The predicted molar refractivity (Wildman–Crippen MR) is 157 cm³/mol. The molecule has 0 saturated carbocycles. The zero-order valence-electron chi connectivity index (χ0n) is 21.8. The summed E-state index contributed by atoms with van der Waals surface area (Å²) in [6.45, 7) is 5.27. The Bertz CT molecular complexity index is 1420. The van der Waals surface area contributed by atoms with Crippen LogP contribution in [0.2, 0.25) is 15.1 Å². The van der Waals surface area contributed by atoms with E-state index in [2.05, 4.69) is 5.32 Å². The molecule has 0 aromatic heterocycles. The van der Waals surface area contributed by atoms with E-state index in [1.165, 1.54) is 35.2 Å². The molecule has 0 saturated heterocycles. The number of rotatable bonds is 11. The molecule has 0 spiro atoms. The minimum absolute atomic E-state index is 0.0166. The molecule has 0 heterocycles. The van der Waals surface area contributed by atoms with Gasteiger partial charge in [0.2, 0.25) is 11.8 Å². The first-order chi connectivity index (χ1) is 18.4. The van der Waals surface area contributed by atoms with Gasteiger partial charge in [-0.25, -0.2) is 8.42 Å². The van der Waals surface area contributed by atoms with Crippen LogP contribution in [0.5, 0.6) is 0 Å². The average Bonchev–Trinajstić information content (AvgIpc) is 2.91. The van der Waals surface area contributed by atoms with Gasteiger partial charge >= 0.3 is 0 Å². The Balaban J connectivity index is 2.05. The average molecular weight is 611 g/mol. The summed E-state index contributed by atoms with van der Waals surface area (Å²) in [5.74, 6) is -0.801. The van der Waals surface area contributed by atoms with E-state index in [1.807, 2.05) is 13.8 Å². The number of halogens is 3. The second-order valence-electron chi connectivity index (χ2n) is 9.35. The summed E-state index contributed by atoms with van der Waals surface area (Å²) < 4.78 is 28.5. The molecule has 0 aliphatic rings. The minimum atomic E-state index is -4.25. The maximum absolute atomic E-state index is 13.9. The van der Waals surface area contributed by atoms with E-state index >= 15 is 0 Å². The fourth-order valence-electron chi connectivity index (χ4n) is 3.76. The van der Waals surface area contributed by atoms with Crippen molar-refractivity contribution < 1.29 is 18.0 Å². The monoisotopic (exact) mass is 609 g/mol. The van der Waals surface area contributed by atoms with Gasteiger partial charge in [-0.05, 0) is 54.8 Å². The van der Waals surface area contributed by atoms with Crippen molar-refractivity contribution in [2.45, 2.75) is 38.3 Å². The number of carbonyl (C=O) groups is 2. The Hall–Kier alpha value is -2.78. The lowest BCUT2D eigenvalue weighted by Crippen LogP contribution is -2.51. The molecule has 2 amide bonds. The fourth-order valence-corrected chi connectivity index (χ4v) is 5.83. The summed E-state index contributed by atoms with van der Waals surface area (Å²) in [7, 11) is -4.25. The third-order valence-electron chi connectivity index (χ3n) is 5.94. The first-order valence-electron chi connectivity index (χ1n) is 12.2. The van der Waals surface area contributed by atoms with Crippen LogP contribution >= 0.6 is 34.8 Å². The van der Waals surface area contributed by atoms with E-state index in [1.54, 1.807) is 49.4 Å². The van der Waals surface area contributed by atoms with Crippen molar-refractivity contribution in [2.75, 3.05) is 17.4 Å². The molecule has 3 aromatic carbocycles. The molecule has 1 unspecified atom stereocenters. The molecule has 1 atom stereocenters. The Morgan fingerprint density at radius 1 is 0.872 bits per heavy atom. The molecule has 0 fully saturated rings. The molecule has 1 N–H and O–H groups in total. The van der Waals surface area contributed by atoms with Crippen LogP contribution in [0.25, 0.3) is 0 Å². The van der Waals surface area contributed by atoms with Gasteiger partial charge in [0.05, 0.1) is 15.6 Å². The van der Waals surface area contributed by atoms with Crippen LogP contribution < -0.4 is 9.62 Å². The third-order valence-corrected chi connectivity index (χ3v) is 8.63. The van der Waals surface area contributed by atoms with Crippen molar-refractivity contribution >= 4 is 62.3 Å². The summed E-state index contributed by atoms with van der Waals surface area (Å²) >= 11 is 19.0. The van der Waals surface area contributed by atoms with E-state index in [0.29, 0.717) is 17.1 Å². The molecule has 0 radical (unpaired) electrons. The fraction of sp³-hybridized carbons (Fsp3) is 0.286. The van der Waals surface area contributed by atoms with Crippen LogP contribution in [0.4, 0.5) is 5.69 Å². The molecule has 3 aromatic rings. The highest BCUT2D eigenvalue weighted by atomic mass is 35.5. The van der Waals surface area contributed by atoms with E-state index in [9.17, 15) is 18.0 Å². The molecule has 11 heteroatoms. The summed E-state index contributed by atoms with van der Waals surface area (Å²) in [5, 5.41) is 3.58. The molecule has 0 aliphatic carbocycles. The van der Waals surface area contributed by atoms with Crippen LogP contribution in [0, 0.1) is 5.92 Å². The van der Waals surface area contributed by atoms with Crippen LogP contribution in [0.3, 0.4) is 0 Å². The van der Waals surface area contributed by atoms with Crippen molar-refractivity contribution in [3.05, 3.63) is 93.4 Å². The Labute approximate surface area is 244 Å². The summed E-state index contributed by atoms with van der Waals surface area (Å²) in [6, 6.07) is 18.1. The van der Waals surface area contributed by atoms with Gasteiger partial charge in [-0.1, -0.05) is 85.0 Å². The SMILES string of the molecule is CC(C)CNC(=O)C(C)N(Cc1ccccc1Cl)C(=O)CN(c1cc(Cl)ccc1Cl)S(=O)(=O)c1ccccc1. The van der Waals surface area contributed by atoms with E-state index < -0.39 is 28.5 Å². The third kappa shape index (κ3) is 7.88. The Morgan fingerprint density at radius 3 is 2.15 bits per heavy atom. The lowest BCUT2D eigenvalue weighted by atomic mass is 10.1. The second-order valence-corrected chi connectivity index (χ2v) is 12.5. The lowest BCUT2D eigenvalue weighted by molar-refractivity contribution is -0.139. The zero-order valence-corrected chi connectivity index (χ0v) is 24.9. The van der Waals surface area contributed by atoms with Gasteiger partial charge in [0, 0.05) is 23.1 Å². The van der Waals surface area contributed by atoms with Crippen LogP contribution in [-0.4, -0.2) is 44.3 Å². The number of amides is 2. The number of nitrogens with one attached hydrogen (secondary N) is 1. The molecule has 0 aliphatic heterocycles. The number of hydrogen-bond donors (Lipinski definition) is 1. The Morgan fingerprint density at radius 2 is 1.51 bits per heavy atom. The molecule has 7 nitrogen and oxygen atoms in total. The first-order valence-corrected chi connectivity index (χ1v) is 14.8. The molecular formula is C28H30Cl3N3O4S. The number of hydrogen-bond acceptors (Lipinski definition) is 4. The molecule has 208 valence electrons. The van der Waals surface area contributed by atoms with Crippen molar-refractivity contribution in [3.8, 4) is 0 Å². The summed E-state index contributed by atoms with van der Waals surface area (Å²) in [4.78, 5) is 28.2. The predicted octanol–water partition coefficient (Wildman–Crippen LogP) is 6.03. The molecule has 39 heavy (non-hydrogen) atoms. The highest BCUT2D eigenvalue weighted by Gasteiger charge is 2.33.